The van der Waals surface area contributed by atoms with E-state index in [1.807, 2.05) is 55.5 Å². The number of benzene rings is 2. The summed E-state index contributed by atoms with van der Waals surface area (Å²) in [5.74, 6) is -1.62. The molecule has 0 spiro atoms. The normalized spacial score (nSPS) is 13.9. The van der Waals surface area contributed by atoms with Gasteiger partial charge in [-0.3, -0.25) is 9.59 Å². The minimum absolute atomic E-state index is 0.0469. The van der Waals surface area contributed by atoms with Crippen molar-refractivity contribution in [3.63, 3.8) is 0 Å². The molecule has 0 heterocycles. The average molecular weight is 469 g/mol. The number of carbonyl (C=O) groups excluding carboxylic acids is 2. The summed E-state index contributed by atoms with van der Waals surface area (Å²) in [4.78, 5) is 36.3. The zero-order valence-corrected chi connectivity index (χ0v) is 19.3. The molecule has 0 aromatic heterocycles. The summed E-state index contributed by atoms with van der Waals surface area (Å²) in [7, 11) is 0. The molecular formula is C26H32N2O6. The number of unbranched alkanes of at least 4 members (excludes halogenated alkanes) is 1. The van der Waals surface area contributed by atoms with Gasteiger partial charge >= 0.3 is 12.1 Å². The number of aliphatic hydroxyl groups excluding tert-OH is 1. The van der Waals surface area contributed by atoms with E-state index in [1.54, 1.807) is 0 Å². The van der Waals surface area contributed by atoms with Crippen LogP contribution in [0.1, 0.15) is 56.1 Å². The fourth-order valence-electron chi connectivity index (χ4n) is 4.30. The molecule has 1 aliphatic rings. The number of nitrogens with one attached hydrogen (secondary N) is 2. The molecule has 0 radical (unpaired) electrons. The van der Waals surface area contributed by atoms with Gasteiger partial charge in [0.1, 0.15) is 12.6 Å². The van der Waals surface area contributed by atoms with Gasteiger partial charge in [-0.15, -0.1) is 0 Å². The molecule has 0 fully saturated rings. The molecule has 2 amide bonds. The van der Waals surface area contributed by atoms with Gasteiger partial charge in [0.2, 0.25) is 5.91 Å². The fourth-order valence-corrected chi connectivity index (χ4v) is 4.30. The van der Waals surface area contributed by atoms with Crippen molar-refractivity contribution in [1.82, 2.24) is 10.6 Å². The van der Waals surface area contributed by atoms with Crippen LogP contribution in [0, 0.1) is 0 Å². The fraction of sp³-hybridized carbons (Fsp3) is 0.423. The van der Waals surface area contributed by atoms with Crippen LogP contribution >= 0.6 is 0 Å². The highest BCUT2D eigenvalue weighted by atomic mass is 16.5. The number of carbonyl (C=O) groups is 3. The number of aliphatic carboxylic acids is 1. The Labute approximate surface area is 199 Å². The van der Waals surface area contributed by atoms with Crippen molar-refractivity contribution >= 4 is 18.0 Å². The SMILES string of the molecule is CC(CCCCO)NC(=O)C(CCC(=O)O)NC(=O)OCC1c2ccccc2-c2ccccc21. The van der Waals surface area contributed by atoms with Crippen molar-refractivity contribution < 1.29 is 29.3 Å². The van der Waals surface area contributed by atoms with Gasteiger partial charge in [-0.2, -0.15) is 0 Å². The van der Waals surface area contributed by atoms with Crippen molar-refractivity contribution in [2.75, 3.05) is 13.2 Å². The smallest absolute Gasteiger partial charge is 0.407 e. The third kappa shape index (κ3) is 6.57. The van der Waals surface area contributed by atoms with E-state index in [1.165, 1.54) is 0 Å². The molecule has 0 aliphatic heterocycles. The quantitative estimate of drug-likeness (QED) is 0.354. The number of amides is 2. The molecule has 2 atom stereocenters. The summed E-state index contributed by atoms with van der Waals surface area (Å²) in [5, 5.41) is 23.3. The number of hydrogen-bond acceptors (Lipinski definition) is 5. The molecule has 34 heavy (non-hydrogen) atoms. The van der Waals surface area contributed by atoms with Crippen LogP contribution in [-0.2, 0) is 14.3 Å². The highest BCUT2D eigenvalue weighted by molar-refractivity contribution is 5.86. The summed E-state index contributed by atoms with van der Waals surface area (Å²) < 4.78 is 5.51. The standard InChI is InChI=1S/C26H32N2O6/c1-17(8-6-7-15-29)27-25(32)23(13-14-24(30)31)28-26(33)34-16-22-20-11-4-2-9-18(20)19-10-3-5-12-21(19)22/h2-5,9-12,17,22-23,29H,6-8,13-16H2,1H3,(H,27,32)(H,28,33)(H,30,31). The zero-order valence-electron chi connectivity index (χ0n) is 19.3. The van der Waals surface area contributed by atoms with Gasteiger partial charge in [0.05, 0.1) is 0 Å². The van der Waals surface area contributed by atoms with Crippen LogP contribution in [0.2, 0.25) is 0 Å². The molecular weight excluding hydrogens is 436 g/mol. The molecule has 2 unspecified atom stereocenters. The summed E-state index contributed by atoms with van der Waals surface area (Å²) in [6.45, 7) is 2.02. The van der Waals surface area contributed by atoms with E-state index < -0.39 is 24.0 Å². The first kappa shape index (κ1) is 25.2. The van der Waals surface area contributed by atoms with Gasteiger partial charge in [-0.1, -0.05) is 48.5 Å². The number of rotatable bonds is 12. The Morgan fingerprint density at radius 3 is 2.15 bits per heavy atom. The molecule has 8 heteroatoms. The number of carboxylic acids is 1. The van der Waals surface area contributed by atoms with Gasteiger partial charge < -0.3 is 25.6 Å². The lowest BCUT2D eigenvalue weighted by Crippen LogP contribution is -2.49. The Kier molecular flexibility index (Phi) is 9.04. The third-order valence-electron chi connectivity index (χ3n) is 6.03. The molecule has 0 bridgehead atoms. The molecule has 0 saturated heterocycles. The number of hydrogen-bond donors (Lipinski definition) is 4. The van der Waals surface area contributed by atoms with Gasteiger partial charge in [0.25, 0.3) is 0 Å². The average Bonchev–Trinajstić information content (AvgIpc) is 3.14. The lowest BCUT2D eigenvalue weighted by atomic mass is 9.98. The minimum atomic E-state index is -1.05. The monoisotopic (exact) mass is 468 g/mol. The summed E-state index contributed by atoms with van der Waals surface area (Å²) in [5.41, 5.74) is 4.38. The Bertz CT molecular complexity index is 963. The molecule has 2 aromatic rings. The molecule has 3 rings (SSSR count). The maximum absolute atomic E-state index is 12.7. The number of carboxylic acid groups (broad SMARTS) is 1. The molecule has 4 N–H and O–H groups in total. The highest BCUT2D eigenvalue weighted by Crippen LogP contribution is 2.44. The molecule has 182 valence electrons. The maximum atomic E-state index is 12.7. The lowest BCUT2D eigenvalue weighted by Gasteiger charge is -2.21. The van der Waals surface area contributed by atoms with Gasteiger partial charge in [0.15, 0.2) is 0 Å². The van der Waals surface area contributed by atoms with E-state index in [0.717, 1.165) is 28.7 Å². The lowest BCUT2D eigenvalue weighted by molar-refractivity contribution is -0.137. The topological polar surface area (TPSA) is 125 Å². The second kappa shape index (κ2) is 12.2. The van der Waals surface area contributed by atoms with Crippen molar-refractivity contribution in [2.45, 2.75) is 57.0 Å². The van der Waals surface area contributed by atoms with Crippen molar-refractivity contribution in [2.24, 2.45) is 0 Å². The summed E-state index contributed by atoms with van der Waals surface area (Å²) in [6.07, 6.45) is 0.983. The summed E-state index contributed by atoms with van der Waals surface area (Å²) in [6, 6.07) is 14.8. The first-order chi connectivity index (χ1) is 16.4. The van der Waals surface area contributed by atoms with Crippen LogP contribution in [0.25, 0.3) is 11.1 Å². The first-order valence-corrected chi connectivity index (χ1v) is 11.6. The van der Waals surface area contributed by atoms with E-state index in [0.29, 0.717) is 12.8 Å². The van der Waals surface area contributed by atoms with Crippen molar-refractivity contribution in [3.8, 4) is 11.1 Å². The van der Waals surface area contributed by atoms with Crippen LogP contribution in [0.5, 0.6) is 0 Å². The number of ether oxygens (including phenoxy) is 1. The largest absolute Gasteiger partial charge is 0.481 e. The van der Waals surface area contributed by atoms with Crippen molar-refractivity contribution in [3.05, 3.63) is 59.7 Å². The van der Waals surface area contributed by atoms with Crippen LogP contribution in [0.4, 0.5) is 4.79 Å². The second-order valence-corrected chi connectivity index (χ2v) is 8.58. The second-order valence-electron chi connectivity index (χ2n) is 8.58. The zero-order chi connectivity index (χ0) is 24.5. The minimum Gasteiger partial charge on any atom is -0.481 e. The van der Waals surface area contributed by atoms with Crippen LogP contribution in [0.15, 0.2) is 48.5 Å². The van der Waals surface area contributed by atoms with E-state index in [9.17, 15) is 14.4 Å². The van der Waals surface area contributed by atoms with Crippen LogP contribution in [-0.4, -0.2) is 53.5 Å². The molecule has 2 aromatic carbocycles. The van der Waals surface area contributed by atoms with Crippen LogP contribution < -0.4 is 10.6 Å². The third-order valence-corrected chi connectivity index (χ3v) is 6.03. The van der Waals surface area contributed by atoms with Crippen molar-refractivity contribution in [1.29, 1.82) is 0 Å². The van der Waals surface area contributed by atoms with E-state index in [2.05, 4.69) is 10.6 Å². The van der Waals surface area contributed by atoms with E-state index in [4.69, 9.17) is 14.9 Å². The Balaban J connectivity index is 1.61. The predicted octanol–water partition coefficient (Wildman–Crippen LogP) is 3.43. The molecule has 8 nitrogen and oxygen atoms in total. The maximum Gasteiger partial charge on any atom is 0.407 e. The first-order valence-electron chi connectivity index (χ1n) is 11.6. The van der Waals surface area contributed by atoms with Gasteiger partial charge in [0, 0.05) is 25.0 Å². The highest BCUT2D eigenvalue weighted by Gasteiger charge is 2.30. The van der Waals surface area contributed by atoms with Gasteiger partial charge in [-0.25, -0.2) is 4.79 Å². The summed E-state index contributed by atoms with van der Waals surface area (Å²) >= 11 is 0. The van der Waals surface area contributed by atoms with Gasteiger partial charge in [-0.05, 0) is 54.9 Å². The molecule has 0 saturated carbocycles. The number of fused-ring (bicyclic) bond motifs is 3. The molecule has 1 aliphatic carbocycles. The van der Waals surface area contributed by atoms with Crippen LogP contribution in [0.3, 0.4) is 0 Å². The van der Waals surface area contributed by atoms with E-state index >= 15 is 0 Å². The Morgan fingerprint density at radius 1 is 0.941 bits per heavy atom. The Morgan fingerprint density at radius 2 is 1.56 bits per heavy atom. The van der Waals surface area contributed by atoms with E-state index in [-0.39, 0.29) is 38.0 Å². The predicted molar refractivity (Wildman–Crippen MR) is 127 cm³/mol. The Hall–Kier alpha value is -3.39. The number of aliphatic hydroxyl groups is 1. The number of alkyl carbamates (subject to hydrolysis) is 1.